The first-order chi connectivity index (χ1) is 16.5. The summed E-state index contributed by atoms with van der Waals surface area (Å²) < 4.78 is 13.7. The van der Waals surface area contributed by atoms with Gasteiger partial charge in [-0.2, -0.15) is 0 Å². The van der Waals surface area contributed by atoms with Crippen LogP contribution in [-0.2, 0) is 13.0 Å². The lowest BCUT2D eigenvalue weighted by Crippen LogP contribution is -2.35. The highest BCUT2D eigenvalue weighted by molar-refractivity contribution is 5.96. The van der Waals surface area contributed by atoms with E-state index in [1.54, 1.807) is 49.3 Å². The van der Waals surface area contributed by atoms with Gasteiger partial charge in [0.1, 0.15) is 16.8 Å². The molecule has 0 aliphatic rings. The molecule has 0 saturated carbocycles. The molecule has 0 radical (unpaired) electrons. The molecule has 0 fully saturated rings. The summed E-state index contributed by atoms with van der Waals surface area (Å²) in [6.07, 6.45) is 3.70. The summed E-state index contributed by atoms with van der Waals surface area (Å²) in [5.74, 6) is 0.762. The van der Waals surface area contributed by atoms with Crippen LogP contribution in [-0.4, -0.2) is 40.6 Å². The van der Waals surface area contributed by atoms with Gasteiger partial charge in [-0.3, -0.25) is 19.4 Å². The molecule has 9 nitrogen and oxygen atoms in total. The van der Waals surface area contributed by atoms with Crippen LogP contribution in [0.1, 0.15) is 15.9 Å². The van der Waals surface area contributed by atoms with E-state index in [0.29, 0.717) is 35.8 Å². The normalized spacial score (nSPS) is 10.9. The number of benzene rings is 1. The van der Waals surface area contributed by atoms with Crippen LogP contribution in [0.4, 0.5) is 0 Å². The van der Waals surface area contributed by atoms with Crippen LogP contribution in [0.25, 0.3) is 16.7 Å². The number of hydrogen-bond donors (Lipinski definition) is 2. The number of carbonyl (C=O) groups is 1. The molecule has 1 aromatic carbocycles. The second-order valence-electron chi connectivity index (χ2n) is 7.58. The third-order valence-corrected chi connectivity index (χ3v) is 5.54. The van der Waals surface area contributed by atoms with Crippen molar-refractivity contribution in [1.29, 1.82) is 5.41 Å². The molecule has 34 heavy (non-hydrogen) atoms. The predicted octanol–water partition coefficient (Wildman–Crippen LogP) is 2.30. The minimum atomic E-state index is -0.454. The van der Waals surface area contributed by atoms with Crippen molar-refractivity contribution in [3.63, 3.8) is 0 Å². The number of carbonyl (C=O) groups excluding carboxylic acids is 1. The van der Waals surface area contributed by atoms with Gasteiger partial charge in [-0.25, -0.2) is 4.98 Å². The summed E-state index contributed by atoms with van der Waals surface area (Å²) in [6, 6.07) is 12.3. The molecule has 9 heteroatoms. The zero-order valence-corrected chi connectivity index (χ0v) is 19.0. The minimum absolute atomic E-state index is 0.0262. The first-order valence-electron chi connectivity index (χ1n) is 10.7. The summed E-state index contributed by atoms with van der Waals surface area (Å²) in [5.41, 5.74) is 1.51. The number of pyridine rings is 2. The number of methoxy groups -OCH3 is 2. The van der Waals surface area contributed by atoms with Gasteiger partial charge in [0.25, 0.3) is 11.5 Å². The lowest BCUT2D eigenvalue weighted by Gasteiger charge is -2.15. The number of aromatic nitrogens is 3. The van der Waals surface area contributed by atoms with Crippen LogP contribution < -0.4 is 25.8 Å². The highest BCUT2D eigenvalue weighted by Gasteiger charge is 2.17. The molecular weight excluding hydrogens is 434 g/mol. The second-order valence-corrected chi connectivity index (χ2v) is 7.58. The van der Waals surface area contributed by atoms with Crippen molar-refractivity contribution in [3.05, 3.63) is 88.3 Å². The molecule has 0 saturated heterocycles. The molecule has 4 aromatic rings. The quantitative estimate of drug-likeness (QED) is 0.310. The summed E-state index contributed by atoms with van der Waals surface area (Å²) in [4.78, 5) is 30.7. The number of amides is 1. The lowest BCUT2D eigenvalue weighted by atomic mass is 10.1. The highest BCUT2D eigenvalue weighted by Crippen LogP contribution is 2.27. The van der Waals surface area contributed by atoms with Crippen molar-refractivity contribution in [2.24, 2.45) is 0 Å². The Hall–Kier alpha value is -4.40. The molecule has 0 spiro atoms. The SMILES string of the molecule is C=CCNC(=O)c1cc2c(=O)n3ccccc3nc2n(CCc2ccc(OC)c(OC)c2)c1=N. The van der Waals surface area contributed by atoms with E-state index in [9.17, 15) is 9.59 Å². The Kier molecular flexibility index (Phi) is 6.44. The van der Waals surface area contributed by atoms with Crippen molar-refractivity contribution >= 4 is 22.6 Å². The Bertz CT molecular complexity index is 1520. The minimum Gasteiger partial charge on any atom is -0.493 e. The van der Waals surface area contributed by atoms with Gasteiger partial charge >= 0.3 is 0 Å². The van der Waals surface area contributed by atoms with Gasteiger partial charge in [0.15, 0.2) is 11.5 Å². The first kappa shape index (κ1) is 22.8. The third kappa shape index (κ3) is 4.15. The molecule has 0 aliphatic carbocycles. The molecule has 0 bridgehead atoms. The standard InChI is InChI=1S/C25H25N5O4/c1-4-11-27-24(31)17-15-18-23(28-21-7-5-6-12-29(21)25(18)32)30(22(17)26)13-10-16-8-9-19(33-2)20(14-16)34-3/h4-9,12,14-15,26H,1,10-11,13H2,2-3H3,(H,27,31). The molecule has 4 rings (SSSR count). The molecule has 3 aromatic heterocycles. The van der Waals surface area contributed by atoms with Gasteiger partial charge in [0.2, 0.25) is 0 Å². The van der Waals surface area contributed by atoms with E-state index in [4.69, 9.17) is 14.9 Å². The number of fused-ring (bicyclic) bond motifs is 2. The number of nitrogens with one attached hydrogen (secondary N) is 2. The van der Waals surface area contributed by atoms with Crippen LogP contribution in [0.5, 0.6) is 11.5 Å². The molecular formula is C25H25N5O4. The first-order valence-corrected chi connectivity index (χ1v) is 10.7. The number of aryl methyl sites for hydroxylation is 2. The number of hydrogen-bond acceptors (Lipinski definition) is 6. The van der Waals surface area contributed by atoms with Crippen molar-refractivity contribution in [3.8, 4) is 11.5 Å². The monoisotopic (exact) mass is 459 g/mol. The van der Waals surface area contributed by atoms with Gasteiger partial charge in [0.05, 0.1) is 25.2 Å². The largest absolute Gasteiger partial charge is 0.493 e. The van der Waals surface area contributed by atoms with Gasteiger partial charge in [-0.1, -0.05) is 18.2 Å². The molecule has 0 unspecified atom stereocenters. The van der Waals surface area contributed by atoms with Gasteiger partial charge in [-0.15, -0.1) is 6.58 Å². The van der Waals surface area contributed by atoms with Crippen molar-refractivity contribution in [2.75, 3.05) is 20.8 Å². The van der Waals surface area contributed by atoms with E-state index >= 15 is 0 Å². The van der Waals surface area contributed by atoms with Crippen LogP contribution in [0.3, 0.4) is 0 Å². The Labute approximate surface area is 195 Å². The average Bonchev–Trinajstić information content (AvgIpc) is 2.86. The van der Waals surface area contributed by atoms with E-state index in [1.807, 2.05) is 18.2 Å². The maximum Gasteiger partial charge on any atom is 0.267 e. The van der Waals surface area contributed by atoms with E-state index < -0.39 is 5.91 Å². The predicted molar refractivity (Wildman–Crippen MR) is 129 cm³/mol. The number of ether oxygens (including phenoxy) is 2. The lowest BCUT2D eigenvalue weighted by molar-refractivity contribution is 0.0955. The zero-order chi connectivity index (χ0) is 24.2. The fourth-order valence-electron chi connectivity index (χ4n) is 3.82. The fourth-order valence-corrected chi connectivity index (χ4v) is 3.82. The van der Waals surface area contributed by atoms with Gasteiger partial charge < -0.3 is 19.4 Å². The number of rotatable bonds is 8. The van der Waals surface area contributed by atoms with Crippen molar-refractivity contribution in [2.45, 2.75) is 13.0 Å². The molecule has 0 atom stereocenters. The summed E-state index contributed by atoms with van der Waals surface area (Å²) in [7, 11) is 3.14. The average molecular weight is 460 g/mol. The molecule has 2 N–H and O–H groups in total. The smallest absolute Gasteiger partial charge is 0.267 e. The van der Waals surface area contributed by atoms with Crippen molar-refractivity contribution < 1.29 is 14.3 Å². The molecule has 1 amide bonds. The van der Waals surface area contributed by atoms with Crippen LogP contribution in [0.15, 0.2) is 66.1 Å². The van der Waals surface area contributed by atoms with E-state index in [1.165, 1.54) is 10.5 Å². The fraction of sp³-hybridized carbons (Fsp3) is 0.200. The Morgan fingerprint density at radius 1 is 1.18 bits per heavy atom. The second kappa shape index (κ2) is 9.62. The molecule has 3 heterocycles. The van der Waals surface area contributed by atoms with Crippen molar-refractivity contribution in [1.82, 2.24) is 19.3 Å². The summed E-state index contributed by atoms with van der Waals surface area (Å²) >= 11 is 0. The third-order valence-electron chi connectivity index (χ3n) is 5.54. The zero-order valence-electron chi connectivity index (χ0n) is 19.0. The Balaban J connectivity index is 1.87. The summed E-state index contributed by atoms with van der Waals surface area (Å²) in [5, 5.41) is 11.7. The van der Waals surface area contributed by atoms with E-state index in [0.717, 1.165) is 5.56 Å². The summed E-state index contributed by atoms with van der Waals surface area (Å²) in [6.45, 7) is 4.17. The highest BCUT2D eigenvalue weighted by atomic mass is 16.5. The molecule has 0 aliphatic heterocycles. The van der Waals surface area contributed by atoms with E-state index in [2.05, 4.69) is 16.9 Å². The maximum absolute atomic E-state index is 13.2. The topological polar surface area (TPSA) is 111 Å². The Morgan fingerprint density at radius 3 is 2.71 bits per heavy atom. The number of nitrogens with zero attached hydrogens (tertiary/aromatic N) is 3. The molecule has 174 valence electrons. The Morgan fingerprint density at radius 2 is 1.97 bits per heavy atom. The van der Waals surface area contributed by atoms with Gasteiger partial charge in [0, 0.05) is 19.3 Å². The van der Waals surface area contributed by atoms with Gasteiger partial charge in [-0.05, 0) is 42.3 Å². The van der Waals surface area contributed by atoms with Crippen LogP contribution >= 0.6 is 0 Å². The van der Waals surface area contributed by atoms with E-state index in [-0.39, 0.29) is 28.5 Å². The maximum atomic E-state index is 13.2. The van der Waals surface area contributed by atoms with Crippen LogP contribution in [0.2, 0.25) is 0 Å². The van der Waals surface area contributed by atoms with Crippen LogP contribution in [0, 0.1) is 5.41 Å².